The lowest BCUT2D eigenvalue weighted by Gasteiger charge is -2.17. The number of likely N-dealkylation sites (tertiary alicyclic amines) is 1. The van der Waals surface area contributed by atoms with E-state index in [1.54, 1.807) is 17.0 Å². The number of benzene rings is 1. The number of carbonyl (C=O) groups is 1. The fourth-order valence-electron chi connectivity index (χ4n) is 2.51. The lowest BCUT2D eigenvalue weighted by atomic mass is 10.1. The molecule has 110 valence electrons. The summed E-state index contributed by atoms with van der Waals surface area (Å²) >= 11 is 0. The van der Waals surface area contributed by atoms with Gasteiger partial charge in [-0.2, -0.15) is 0 Å². The maximum atomic E-state index is 12.4. The van der Waals surface area contributed by atoms with Gasteiger partial charge in [-0.25, -0.2) is 8.42 Å². The normalized spacial score (nSPS) is 19.4. The smallest absolute Gasteiger partial charge is 0.261 e. The number of halogens is 1. The van der Waals surface area contributed by atoms with Crippen LogP contribution >= 0.6 is 10.7 Å². The maximum absolute atomic E-state index is 12.4. The van der Waals surface area contributed by atoms with Crippen molar-refractivity contribution in [2.45, 2.75) is 31.6 Å². The summed E-state index contributed by atoms with van der Waals surface area (Å²) in [5.41, 5.74) is 1.02. The van der Waals surface area contributed by atoms with Gasteiger partial charge in [0, 0.05) is 29.3 Å². The Morgan fingerprint density at radius 3 is 2.65 bits per heavy atom. The zero-order valence-electron chi connectivity index (χ0n) is 11.6. The molecular formula is C14H18ClNO3S. The molecule has 1 heterocycles. The number of rotatable bonds is 3. The van der Waals surface area contributed by atoms with Crippen LogP contribution in [0.3, 0.4) is 0 Å². The summed E-state index contributed by atoms with van der Waals surface area (Å²) < 4.78 is 23.2. The standard InChI is InChI=1S/C14H18ClNO3S/c1-3-11-4-5-12(8-13(11)20(15,18)19)14(17)16-7-6-10(2)9-16/h4-5,8,10H,3,6-7,9H2,1-2H3. The summed E-state index contributed by atoms with van der Waals surface area (Å²) in [6.07, 6.45) is 1.54. The molecule has 1 aromatic rings. The summed E-state index contributed by atoms with van der Waals surface area (Å²) in [6.45, 7) is 5.39. The van der Waals surface area contributed by atoms with E-state index >= 15 is 0 Å². The lowest BCUT2D eigenvalue weighted by Crippen LogP contribution is -2.28. The fraction of sp³-hybridized carbons (Fsp3) is 0.500. The predicted octanol–water partition coefficient (Wildman–Crippen LogP) is 2.66. The van der Waals surface area contributed by atoms with Crippen molar-refractivity contribution in [2.75, 3.05) is 13.1 Å². The Morgan fingerprint density at radius 1 is 1.45 bits per heavy atom. The summed E-state index contributed by atoms with van der Waals surface area (Å²) in [6, 6.07) is 4.74. The third-order valence-electron chi connectivity index (χ3n) is 3.67. The van der Waals surface area contributed by atoms with Gasteiger partial charge in [-0.05, 0) is 36.5 Å². The van der Waals surface area contributed by atoms with Crippen LogP contribution in [-0.2, 0) is 15.5 Å². The third kappa shape index (κ3) is 3.15. The maximum Gasteiger partial charge on any atom is 0.261 e. The predicted molar refractivity (Wildman–Crippen MR) is 78.5 cm³/mol. The van der Waals surface area contributed by atoms with E-state index in [2.05, 4.69) is 6.92 Å². The summed E-state index contributed by atoms with van der Waals surface area (Å²) in [4.78, 5) is 14.2. The highest BCUT2D eigenvalue weighted by Gasteiger charge is 2.25. The second kappa shape index (κ2) is 5.74. The first-order chi connectivity index (χ1) is 9.32. The van der Waals surface area contributed by atoms with Crippen molar-refractivity contribution in [2.24, 2.45) is 5.92 Å². The Hall–Kier alpha value is -1.07. The van der Waals surface area contributed by atoms with Gasteiger partial charge < -0.3 is 4.90 Å². The Bertz CT molecular complexity index is 627. The van der Waals surface area contributed by atoms with Gasteiger partial charge in [-0.1, -0.05) is 19.9 Å². The van der Waals surface area contributed by atoms with Crippen molar-refractivity contribution < 1.29 is 13.2 Å². The molecule has 0 bridgehead atoms. The molecule has 1 aromatic carbocycles. The van der Waals surface area contributed by atoms with Crippen molar-refractivity contribution in [1.29, 1.82) is 0 Å². The van der Waals surface area contributed by atoms with Crippen molar-refractivity contribution in [1.82, 2.24) is 4.90 Å². The van der Waals surface area contributed by atoms with Gasteiger partial charge in [-0.15, -0.1) is 0 Å². The van der Waals surface area contributed by atoms with Crippen LogP contribution in [0.4, 0.5) is 0 Å². The van der Waals surface area contributed by atoms with E-state index in [1.807, 2.05) is 6.92 Å². The van der Waals surface area contributed by atoms with E-state index < -0.39 is 9.05 Å². The van der Waals surface area contributed by atoms with E-state index in [0.717, 1.165) is 19.5 Å². The molecule has 6 heteroatoms. The molecule has 1 aliphatic heterocycles. The van der Waals surface area contributed by atoms with E-state index in [4.69, 9.17) is 10.7 Å². The molecule has 0 aromatic heterocycles. The zero-order valence-corrected chi connectivity index (χ0v) is 13.2. The van der Waals surface area contributed by atoms with Crippen molar-refractivity contribution in [3.63, 3.8) is 0 Å². The number of carbonyl (C=O) groups excluding carboxylic acids is 1. The van der Waals surface area contributed by atoms with E-state index in [0.29, 0.717) is 23.5 Å². The van der Waals surface area contributed by atoms with Gasteiger partial charge in [0.05, 0.1) is 4.90 Å². The third-order valence-corrected chi connectivity index (χ3v) is 5.07. The van der Waals surface area contributed by atoms with Gasteiger partial charge in [-0.3, -0.25) is 4.79 Å². The van der Waals surface area contributed by atoms with Gasteiger partial charge in [0.2, 0.25) is 0 Å². The van der Waals surface area contributed by atoms with Crippen LogP contribution in [0, 0.1) is 5.92 Å². The second-order valence-corrected chi connectivity index (χ2v) is 7.79. The average molecular weight is 316 g/mol. The molecule has 1 atom stereocenters. The molecule has 1 amide bonds. The topological polar surface area (TPSA) is 54.5 Å². The van der Waals surface area contributed by atoms with E-state index in [1.165, 1.54) is 6.07 Å². The Morgan fingerprint density at radius 2 is 2.15 bits per heavy atom. The van der Waals surface area contributed by atoms with Crippen LogP contribution in [0.2, 0.25) is 0 Å². The molecule has 1 aliphatic rings. The van der Waals surface area contributed by atoms with Crippen molar-refractivity contribution in [3.8, 4) is 0 Å². The summed E-state index contributed by atoms with van der Waals surface area (Å²) in [5, 5.41) is 0. The molecule has 1 fully saturated rings. The van der Waals surface area contributed by atoms with Crippen molar-refractivity contribution in [3.05, 3.63) is 29.3 Å². The van der Waals surface area contributed by atoms with Crippen LogP contribution < -0.4 is 0 Å². The number of hydrogen-bond donors (Lipinski definition) is 0. The quantitative estimate of drug-likeness (QED) is 0.806. The molecule has 1 saturated heterocycles. The minimum absolute atomic E-state index is 0.0414. The molecule has 0 spiro atoms. The first-order valence-electron chi connectivity index (χ1n) is 6.69. The Kier molecular flexibility index (Phi) is 4.39. The second-order valence-electron chi connectivity index (χ2n) is 5.26. The largest absolute Gasteiger partial charge is 0.338 e. The van der Waals surface area contributed by atoms with Gasteiger partial charge >= 0.3 is 0 Å². The number of nitrogens with zero attached hydrogens (tertiary/aromatic N) is 1. The number of hydrogen-bond acceptors (Lipinski definition) is 3. The lowest BCUT2D eigenvalue weighted by molar-refractivity contribution is 0.0788. The first-order valence-corrected chi connectivity index (χ1v) is 9.00. The molecule has 20 heavy (non-hydrogen) atoms. The summed E-state index contributed by atoms with van der Waals surface area (Å²) in [7, 11) is 1.61. The van der Waals surface area contributed by atoms with Crippen LogP contribution in [0.1, 0.15) is 36.2 Å². The Labute approximate surface area is 124 Å². The van der Waals surface area contributed by atoms with Gasteiger partial charge in [0.1, 0.15) is 0 Å². The van der Waals surface area contributed by atoms with Gasteiger partial charge in [0.15, 0.2) is 0 Å². The fourth-order valence-corrected chi connectivity index (χ4v) is 3.73. The van der Waals surface area contributed by atoms with Crippen LogP contribution in [0.25, 0.3) is 0 Å². The molecule has 0 radical (unpaired) electrons. The van der Waals surface area contributed by atoms with Crippen molar-refractivity contribution >= 4 is 25.6 Å². The first kappa shape index (κ1) is 15.3. The van der Waals surface area contributed by atoms with E-state index in [9.17, 15) is 13.2 Å². The highest BCUT2D eigenvalue weighted by Crippen LogP contribution is 2.24. The SMILES string of the molecule is CCc1ccc(C(=O)N2CCC(C)C2)cc1S(=O)(=O)Cl. The van der Waals surface area contributed by atoms with Gasteiger partial charge in [0.25, 0.3) is 15.0 Å². The molecule has 2 rings (SSSR count). The highest BCUT2D eigenvalue weighted by atomic mass is 35.7. The molecule has 0 aliphatic carbocycles. The number of aryl methyl sites for hydroxylation is 1. The van der Waals surface area contributed by atoms with Crippen LogP contribution in [0.5, 0.6) is 0 Å². The minimum Gasteiger partial charge on any atom is -0.338 e. The average Bonchev–Trinajstić information content (AvgIpc) is 2.83. The zero-order chi connectivity index (χ0) is 14.9. The molecular weight excluding hydrogens is 298 g/mol. The van der Waals surface area contributed by atoms with E-state index in [-0.39, 0.29) is 10.8 Å². The minimum atomic E-state index is -3.83. The molecule has 1 unspecified atom stereocenters. The molecule has 4 nitrogen and oxygen atoms in total. The van der Waals surface area contributed by atoms with Crippen LogP contribution in [-0.4, -0.2) is 32.3 Å². The Balaban J connectivity index is 2.36. The monoisotopic (exact) mass is 315 g/mol. The molecule has 0 saturated carbocycles. The highest BCUT2D eigenvalue weighted by molar-refractivity contribution is 8.13. The molecule has 0 N–H and O–H groups in total. The number of amides is 1. The summed E-state index contributed by atoms with van der Waals surface area (Å²) in [5.74, 6) is 0.365. The van der Waals surface area contributed by atoms with Crippen LogP contribution in [0.15, 0.2) is 23.1 Å².